The molecule has 18 heavy (non-hydrogen) atoms. The third-order valence-electron chi connectivity index (χ3n) is 3.92. The average Bonchev–Trinajstić information content (AvgIpc) is 2.35. The Labute approximate surface area is 111 Å². The van der Waals surface area contributed by atoms with E-state index in [4.69, 9.17) is 4.74 Å². The minimum absolute atomic E-state index is 0.770. The van der Waals surface area contributed by atoms with Gasteiger partial charge in [0, 0.05) is 6.61 Å². The van der Waals surface area contributed by atoms with Crippen LogP contribution < -0.4 is 5.32 Å². The van der Waals surface area contributed by atoms with Crippen LogP contribution in [-0.2, 0) is 17.8 Å². The number of ether oxygens (including phenoxy) is 1. The topological polar surface area (TPSA) is 21.3 Å². The first-order valence-electron chi connectivity index (χ1n) is 7.19. The van der Waals surface area contributed by atoms with Gasteiger partial charge in [-0.2, -0.15) is 0 Å². The van der Waals surface area contributed by atoms with E-state index >= 15 is 0 Å². The minimum atomic E-state index is 0.770. The highest BCUT2D eigenvalue weighted by atomic mass is 16.5. The largest absolute Gasteiger partial charge is 0.377 e. The smallest absolute Gasteiger partial charge is 0.0719 e. The first-order chi connectivity index (χ1) is 8.90. The van der Waals surface area contributed by atoms with Gasteiger partial charge in [-0.3, -0.25) is 0 Å². The molecule has 1 saturated carbocycles. The zero-order valence-electron chi connectivity index (χ0n) is 11.5. The summed E-state index contributed by atoms with van der Waals surface area (Å²) in [6, 6.07) is 8.62. The molecule has 0 saturated heterocycles. The van der Waals surface area contributed by atoms with Crippen LogP contribution in [0.15, 0.2) is 24.3 Å². The van der Waals surface area contributed by atoms with Gasteiger partial charge in [0.05, 0.1) is 6.61 Å². The zero-order chi connectivity index (χ0) is 12.6. The number of hydrogen-bond acceptors (Lipinski definition) is 2. The molecule has 0 radical (unpaired) electrons. The summed E-state index contributed by atoms with van der Waals surface area (Å²) in [4.78, 5) is 0. The molecule has 0 spiro atoms. The Morgan fingerprint density at radius 1 is 1.22 bits per heavy atom. The third-order valence-corrected chi connectivity index (χ3v) is 3.92. The molecule has 0 atom stereocenters. The molecule has 2 rings (SSSR count). The molecule has 1 aliphatic rings. The van der Waals surface area contributed by atoms with E-state index in [1.807, 2.05) is 7.05 Å². The summed E-state index contributed by atoms with van der Waals surface area (Å²) in [5.41, 5.74) is 2.76. The Hall–Kier alpha value is -0.860. The predicted octanol–water partition coefficient (Wildman–Crippen LogP) is 3.16. The summed E-state index contributed by atoms with van der Waals surface area (Å²) in [5.74, 6) is 0.949. The molecule has 0 unspecified atom stereocenters. The molecule has 0 amide bonds. The first kappa shape index (κ1) is 13.6. The minimum Gasteiger partial charge on any atom is -0.377 e. The van der Waals surface area contributed by atoms with Gasteiger partial charge in [-0.15, -0.1) is 0 Å². The molecule has 2 heteroatoms. The maximum absolute atomic E-state index is 5.83. The molecule has 1 N–H and O–H groups in total. The van der Waals surface area contributed by atoms with Crippen LogP contribution in [0.1, 0.15) is 36.8 Å². The molecule has 0 bridgehead atoms. The van der Waals surface area contributed by atoms with Crippen molar-refractivity contribution in [2.75, 3.05) is 20.2 Å². The Morgan fingerprint density at radius 3 is 2.67 bits per heavy atom. The van der Waals surface area contributed by atoms with E-state index in [9.17, 15) is 0 Å². The van der Waals surface area contributed by atoms with Gasteiger partial charge in [0.25, 0.3) is 0 Å². The van der Waals surface area contributed by atoms with Crippen LogP contribution in [0.25, 0.3) is 0 Å². The second kappa shape index (κ2) is 7.55. The number of nitrogens with one attached hydrogen (secondary N) is 1. The summed E-state index contributed by atoms with van der Waals surface area (Å²) < 4.78 is 5.83. The summed E-state index contributed by atoms with van der Waals surface area (Å²) in [5, 5.41) is 3.20. The first-order valence-corrected chi connectivity index (χ1v) is 7.19. The highest BCUT2D eigenvalue weighted by Crippen LogP contribution is 2.29. The van der Waals surface area contributed by atoms with Gasteiger partial charge in [-0.25, -0.2) is 0 Å². The van der Waals surface area contributed by atoms with E-state index in [0.717, 1.165) is 32.1 Å². The third kappa shape index (κ3) is 4.11. The van der Waals surface area contributed by atoms with Crippen molar-refractivity contribution in [1.29, 1.82) is 0 Å². The monoisotopic (exact) mass is 247 g/mol. The molecule has 1 aromatic rings. The second-order valence-electron chi connectivity index (χ2n) is 5.26. The number of rotatable bonds is 8. The Balaban J connectivity index is 1.72. The van der Waals surface area contributed by atoms with Crippen LogP contribution in [0.2, 0.25) is 0 Å². The van der Waals surface area contributed by atoms with E-state index in [-0.39, 0.29) is 0 Å². The normalized spacial score (nSPS) is 15.6. The van der Waals surface area contributed by atoms with Crippen molar-refractivity contribution in [3.05, 3.63) is 35.4 Å². The van der Waals surface area contributed by atoms with Crippen LogP contribution in [0.4, 0.5) is 0 Å². The summed E-state index contributed by atoms with van der Waals surface area (Å²) in [7, 11) is 2.00. The van der Waals surface area contributed by atoms with Gasteiger partial charge in [-0.05, 0) is 43.5 Å². The number of hydrogen-bond donors (Lipinski definition) is 1. The molecule has 1 fully saturated rings. The highest BCUT2D eigenvalue weighted by Gasteiger charge is 2.16. The van der Waals surface area contributed by atoms with E-state index < -0.39 is 0 Å². The fourth-order valence-corrected chi connectivity index (χ4v) is 2.42. The van der Waals surface area contributed by atoms with Crippen LogP contribution in [0.5, 0.6) is 0 Å². The fourth-order valence-electron chi connectivity index (χ4n) is 2.42. The predicted molar refractivity (Wildman–Crippen MR) is 75.7 cm³/mol. The van der Waals surface area contributed by atoms with Crippen molar-refractivity contribution in [2.24, 2.45) is 5.92 Å². The van der Waals surface area contributed by atoms with Gasteiger partial charge < -0.3 is 10.1 Å². The molecule has 0 heterocycles. The van der Waals surface area contributed by atoms with Crippen molar-refractivity contribution in [1.82, 2.24) is 5.32 Å². The van der Waals surface area contributed by atoms with Gasteiger partial charge in [0.1, 0.15) is 0 Å². The van der Waals surface area contributed by atoms with Gasteiger partial charge >= 0.3 is 0 Å². The van der Waals surface area contributed by atoms with E-state index in [2.05, 4.69) is 29.6 Å². The van der Waals surface area contributed by atoms with E-state index in [1.165, 1.54) is 36.8 Å². The Bertz CT molecular complexity index is 347. The molecule has 1 aromatic carbocycles. The number of likely N-dealkylation sites (N-methyl/N-ethyl adjacent to an activating group) is 1. The van der Waals surface area contributed by atoms with Gasteiger partial charge in [0.15, 0.2) is 0 Å². The van der Waals surface area contributed by atoms with Gasteiger partial charge in [0.2, 0.25) is 0 Å². The standard InChI is InChI=1S/C16H25NO/c1-17-11-9-15-7-2-3-8-16(15)13-18-12-10-14-5-4-6-14/h2-3,7-8,14,17H,4-6,9-13H2,1H3. The average molecular weight is 247 g/mol. The van der Waals surface area contributed by atoms with E-state index in [1.54, 1.807) is 0 Å². The summed E-state index contributed by atoms with van der Waals surface area (Å²) >= 11 is 0. The zero-order valence-corrected chi connectivity index (χ0v) is 11.5. The lowest BCUT2D eigenvalue weighted by Gasteiger charge is -2.24. The van der Waals surface area contributed by atoms with Crippen LogP contribution in [0, 0.1) is 5.92 Å². The van der Waals surface area contributed by atoms with E-state index in [0.29, 0.717) is 0 Å². The SMILES string of the molecule is CNCCc1ccccc1COCCC1CCC1. The quantitative estimate of drug-likeness (QED) is 0.713. The van der Waals surface area contributed by atoms with Crippen LogP contribution >= 0.6 is 0 Å². The molecule has 2 nitrogen and oxygen atoms in total. The van der Waals surface area contributed by atoms with Crippen molar-refractivity contribution >= 4 is 0 Å². The highest BCUT2D eigenvalue weighted by molar-refractivity contribution is 5.26. The fraction of sp³-hybridized carbons (Fsp3) is 0.625. The van der Waals surface area contributed by atoms with Gasteiger partial charge in [-0.1, -0.05) is 43.5 Å². The summed E-state index contributed by atoms with van der Waals surface area (Å²) in [6.45, 7) is 2.72. The van der Waals surface area contributed by atoms with Crippen LogP contribution in [0.3, 0.4) is 0 Å². The van der Waals surface area contributed by atoms with Crippen molar-refractivity contribution in [3.63, 3.8) is 0 Å². The number of benzene rings is 1. The molecule has 100 valence electrons. The second-order valence-corrected chi connectivity index (χ2v) is 5.26. The maximum atomic E-state index is 5.83. The lowest BCUT2D eigenvalue weighted by Crippen LogP contribution is -2.14. The van der Waals surface area contributed by atoms with Crippen molar-refractivity contribution < 1.29 is 4.74 Å². The maximum Gasteiger partial charge on any atom is 0.0719 e. The van der Waals surface area contributed by atoms with Crippen molar-refractivity contribution in [2.45, 2.75) is 38.7 Å². The van der Waals surface area contributed by atoms with Crippen molar-refractivity contribution in [3.8, 4) is 0 Å². The molecular formula is C16H25NO. The van der Waals surface area contributed by atoms with Crippen LogP contribution in [-0.4, -0.2) is 20.2 Å². The lowest BCUT2D eigenvalue weighted by molar-refractivity contribution is 0.0945. The Morgan fingerprint density at radius 2 is 2.00 bits per heavy atom. The molecule has 0 aromatic heterocycles. The molecule has 0 aliphatic heterocycles. The molecular weight excluding hydrogens is 222 g/mol. The summed E-state index contributed by atoms with van der Waals surface area (Å²) in [6.07, 6.45) is 6.60. The molecule has 1 aliphatic carbocycles. The Kier molecular flexibility index (Phi) is 5.69. The lowest BCUT2D eigenvalue weighted by atomic mass is 9.83.